The third kappa shape index (κ3) is 3.33. The molecule has 0 aliphatic rings. The second-order valence-corrected chi connectivity index (χ2v) is 4.99. The summed E-state index contributed by atoms with van der Waals surface area (Å²) in [4.78, 5) is 12.3. The van der Waals surface area contributed by atoms with Crippen molar-refractivity contribution in [3.05, 3.63) is 84.4 Å². The van der Waals surface area contributed by atoms with Gasteiger partial charge in [0.15, 0.2) is 11.7 Å². The molecule has 0 unspecified atom stereocenters. The summed E-state index contributed by atoms with van der Waals surface area (Å²) in [6.07, 6.45) is -0.0679. The van der Waals surface area contributed by atoms with E-state index in [1.165, 1.54) is 13.2 Å². The minimum absolute atomic E-state index is 0.0271. The van der Waals surface area contributed by atoms with E-state index in [-0.39, 0.29) is 6.61 Å². The molecular formula is C19H20O4. The molecule has 0 heterocycles. The molecule has 0 saturated heterocycles. The largest absolute Gasteiger partial charge is 0.459 e. The topological polar surface area (TPSA) is 55.8 Å². The lowest BCUT2D eigenvalue weighted by molar-refractivity contribution is -0.168. The van der Waals surface area contributed by atoms with Crippen LogP contribution in [0.1, 0.15) is 11.1 Å². The Kier molecular flexibility index (Phi) is 5.68. The highest BCUT2D eigenvalue weighted by atomic mass is 16.6. The van der Waals surface area contributed by atoms with Crippen LogP contribution in [0.15, 0.2) is 73.3 Å². The molecule has 1 atom stereocenters. The molecule has 23 heavy (non-hydrogen) atoms. The third-order valence-corrected chi connectivity index (χ3v) is 3.68. The molecule has 2 rings (SSSR count). The molecule has 0 amide bonds. The van der Waals surface area contributed by atoms with Crippen molar-refractivity contribution < 1.29 is 19.4 Å². The lowest BCUT2D eigenvalue weighted by atomic mass is 9.81. The van der Waals surface area contributed by atoms with Crippen molar-refractivity contribution in [2.24, 2.45) is 0 Å². The maximum Gasteiger partial charge on any atom is 0.339 e. The number of aliphatic hydroxyl groups excluding tert-OH is 1. The monoisotopic (exact) mass is 312 g/mol. The highest BCUT2D eigenvalue weighted by Gasteiger charge is 2.46. The summed E-state index contributed by atoms with van der Waals surface area (Å²) >= 11 is 0. The number of benzene rings is 2. The van der Waals surface area contributed by atoms with Gasteiger partial charge in [0.05, 0.1) is 0 Å². The van der Waals surface area contributed by atoms with Crippen LogP contribution in [-0.4, -0.2) is 30.9 Å². The molecule has 4 nitrogen and oxygen atoms in total. The van der Waals surface area contributed by atoms with Crippen LogP contribution in [0.3, 0.4) is 0 Å². The fraction of sp³-hybridized carbons (Fsp3) is 0.211. The van der Waals surface area contributed by atoms with Crippen LogP contribution in [-0.2, 0) is 19.9 Å². The second-order valence-electron chi connectivity index (χ2n) is 4.99. The smallest absolute Gasteiger partial charge is 0.339 e. The van der Waals surface area contributed by atoms with Crippen molar-refractivity contribution in [1.82, 2.24) is 0 Å². The summed E-state index contributed by atoms with van der Waals surface area (Å²) < 4.78 is 10.7. The van der Waals surface area contributed by atoms with Crippen molar-refractivity contribution >= 4 is 5.97 Å². The Morgan fingerprint density at radius 3 is 2.00 bits per heavy atom. The number of carbonyl (C=O) groups excluding carboxylic acids is 1. The Labute approximate surface area is 136 Å². The van der Waals surface area contributed by atoms with E-state index < -0.39 is 17.7 Å². The van der Waals surface area contributed by atoms with Gasteiger partial charge in [0, 0.05) is 7.11 Å². The molecule has 4 heteroatoms. The van der Waals surface area contributed by atoms with Crippen LogP contribution in [0.2, 0.25) is 0 Å². The average molecular weight is 312 g/mol. The molecule has 0 aliphatic carbocycles. The van der Waals surface area contributed by atoms with E-state index in [4.69, 9.17) is 9.47 Å². The lowest BCUT2D eigenvalue weighted by Gasteiger charge is -2.36. The summed E-state index contributed by atoms with van der Waals surface area (Å²) in [5.41, 5.74) is -0.0191. The maximum atomic E-state index is 12.3. The first-order chi connectivity index (χ1) is 11.2. The maximum absolute atomic E-state index is 12.3. The molecule has 0 radical (unpaired) electrons. The molecule has 2 aromatic rings. The summed E-state index contributed by atoms with van der Waals surface area (Å²) in [5, 5.41) is 10.7. The van der Waals surface area contributed by atoms with Gasteiger partial charge in [-0.25, -0.2) is 4.79 Å². The van der Waals surface area contributed by atoms with Gasteiger partial charge >= 0.3 is 5.97 Å². The molecule has 1 N–H and O–H groups in total. The van der Waals surface area contributed by atoms with Crippen LogP contribution in [0.25, 0.3) is 0 Å². The number of carbonyl (C=O) groups is 1. The molecule has 0 bridgehead atoms. The van der Waals surface area contributed by atoms with E-state index in [1.54, 1.807) is 24.3 Å². The minimum atomic E-state index is -1.52. The van der Waals surface area contributed by atoms with Gasteiger partial charge in [0.1, 0.15) is 6.61 Å². The quantitative estimate of drug-likeness (QED) is 0.631. The SMILES string of the molecule is C=CCOC(=O)[C@@H](O)C(OC)(c1ccccc1)c1ccccc1. The van der Waals surface area contributed by atoms with Crippen molar-refractivity contribution in [3.8, 4) is 0 Å². The van der Waals surface area contributed by atoms with Crippen LogP contribution in [0.4, 0.5) is 0 Å². The zero-order valence-electron chi connectivity index (χ0n) is 13.0. The van der Waals surface area contributed by atoms with Gasteiger partial charge in [0.2, 0.25) is 0 Å². The van der Waals surface area contributed by atoms with E-state index in [9.17, 15) is 9.90 Å². The van der Waals surface area contributed by atoms with E-state index in [0.29, 0.717) is 11.1 Å². The standard InChI is InChI=1S/C19H20O4/c1-3-14-23-18(21)17(20)19(22-2,15-10-6-4-7-11-15)16-12-8-5-9-13-16/h3-13,17,20H,1,14H2,2H3/t17-/m1/s1. The third-order valence-electron chi connectivity index (χ3n) is 3.68. The van der Waals surface area contributed by atoms with Gasteiger partial charge in [-0.2, -0.15) is 0 Å². The van der Waals surface area contributed by atoms with E-state index in [0.717, 1.165) is 0 Å². The molecule has 0 aromatic heterocycles. The predicted octanol–water partition coefficient (Wildman–Crippen LogP) is 2.67. The van der Waals surface area contributed by atoms with Crippen molar-refractivity contribution in [2.45, 2.75) is 11.7 Å². The summed E-state index contributed by atoms with van der Waals surface area (Å²) in [7, 11) is 1.46. The Hall–Kier alpha value is -2.43. The first-order valence-corrected chi connectivity index (χ1v) is 7.28. The normalized spacial score (nSPS) is 12.4. The Morgan fingerprint density at radius 2 is 1.61 bits per heavy atom. The number of methoxy groups -OCH3 is 1. The first-order valence-electron chi connectivity index (χ1n) is 7.28. The van der Waals surface area contributed by atoms with Crippen LogP contribution in [0, 0.1) is 0 Å². The highest BCUT2D eigenvalue weighted by Crippen LogP contribution is 2.37. The van der Waals surface area contributed by atoms with Gasteiger partial charge in [-0.3, -0.25) is 0 Å². The second kappa shape index (κ2) is 7.72. The molecule has 0 spiro atoms. The number of esters is 1. The van der Waals surface area contributed by atoms with Crippen LogP contribution in [0.5, 0.6) is 0 Å². The van der Waals surface area contributed by atoms with Gasteiger partial charge in [-0.15, -0.1) is 0 Å². The minimum Gasteiger partial charge on any atom is -0.459 e. The number of aliphatic hydroxyl groups is 1. The molecular weight excluding hydrogens is 292 g/mol. The van der Waals surface area contributed by atoms with Crippen molar-refractivity contribution in [1.29, 1.82) is 0 Å². The number of ether oxygens (including phenoxy) is 2. The molecule has 120 valence electrons. The number of hydrogen-bond acceptors (Lipinski definition) is 4. The highest BCUT2D eigenvalue weighted by molar-refractivity contribution is 5.77. The van der Waals surface area contributed by atoms with Gasteiger partial charge in [-0.1, -0.05) is 73.3 Å². The summed E-state index contributed by atoms with van der Waals surface area (Å²) in [5.74, 6) is -0.764. The van der Waals surface area contributed by atoms with Crippen molar-refractivity contribution in [2.75, 3.05) is 13.7 Å². The van der Waals surface area contributed by atoms with Gasteiger partial charge in [-0.05, 0) is 11.1 Å². The zero-order chi connectivity index (χ0) is 16.7. The fourth-order valence-electron chi connectivity index (χ4n) is 2.59. The van der Waals surface area contributed by atoms with E-state index in [2.05, 4.69) is 6.58 Å². The first kappa shape index (κ1) is 16.9. The van der Waals surface area contributed by atoms with E-state index in [1.807, 2.05) is 36.4 Å². The molecule has 0 aliphatic heterocycles. The number of hydrogen-bond donors (Lipinski definition) is 1. The summed E-state index contributed by atoms with van der Waals surface area (Å²) in [6.45, 7) is 3.53. The van der Waals surface area contributed by atoms with Crippen molar-refractivity contribution in [3.63, 3.8) is 0 Å². The van der Waals surface area contributed by atoms with Gasteiger partial charge < -0.3 is 14.6 Å². The average Bonchev–Trinajstić information content (AvgIpc) is 2.62. The van der Waals surface area contributed by atoms with Gasteiger partial charge in [0.25, 0.3) is 0 Å². The summed E-state index contributed by atoms with van der Waals surface area (Å²) in [6, 6.07) is 18.3. The van der Waals surface area contributed by atoms with Crippen LogP contribution < -0.4 is 0 Å². The number of rotatable bonds is 7. The fourth-order valence-corrected chi connectivity index (χ4v) is 2.59. The predicted molar refractivity (Wildman–Crippen MR) is 87.8 cm³/mol. The Bertz CT molecular complexity index is 597. The molecule has 0 saturated carbocycles. The van der Waals surface area contributed by atoms with E-state index >= 15 is 0 Å². The zero-order valence-corrected chi connectivity index (χ0v) is 13.0. The Balaban J connectivity index is 2.55. The molecule has 0 fully saturated rings. The lowest BCUT2D eigenvalue weighted by Crippen LogP contribution is -2.47. The Morgan fingerprint density at radius 1 is 1.13 bits per heavy atom. The molecule has 2 aromatic carbocycles. The van der Waals surface area contributed by atoms with Crippen LogP contribution >= 0.6 is 0 Å².